The molecule has 0 aliphatic heterocycles. The maximum atomic E-state index is 11.4. The monoisotopic (exact) mass is 518 g/mol. The van der Waals surface area contributed by atoms with Crippen molar-refractivity contribution in [2.24, 2.45) is 0 Å². The molecular formula is C36H26N2O2. The largest absolute Gasteiger partial charge is 0.326 e. The van der Waals surface area contributed by atoms with Gasteiger partial charge in [0, 0.05) is 36.0 Å². The first-order valence-corrected chi connectivity index (χ1v) is 13.4. The Labute approximate surface area is 230 Å². The minimum atomic E-state index is -0.0416. The van der Waals surface area contributed by atoms with Gasteiger partial charge in [-0.15, -0.1) is 0 Å². The van der Waals surface area contributed by atoms with Gasteiger partial charge in [0.2, 0.25) is 11.8 Å². The van der Waals surface area contributed by atoms with Gasteiger partial charge in [0.25, 0.3) is 0 Å². The Morgan fingerprint density at radius 3 is 1.05 bits per heavy atom. The summed E-state index contributed by atoms with van der Waals surface area (Å²) >= 11 is 0. The summed E-state index contributed by atoms with van der Waals surface area (Å²) in [6.07, 6.45) is 0. The van der Waals surface area contributed by atoms with Crippen LogP contribution in [0.1, 0.15) is 13.8 Å². The minimum absolute atomic E-state index is 0.0416. The molecule has 0 atom stereocenters. The standard InChI is InChI=1S/2C18H13NO/c2*1-11(20)19-16-10-8-14-6-5-12-3-2-4-13-7-9-15(16)18(14)17(12)13/h2*2-10H,1H3,(H,19,20). The van der Waals surface area contributed by atoms with E-state index in [2.05, 4.69) is 108 Å². The summed E-state index contributed by atoms with van der Waals surface area (Å²) in [4.78, 5) is 22.7. The van der Waals surface area contributed by atoms with E-state index in [1.165, 1.54) is 67.7 Å². The molecule has 0 saturated heterocycles. The fourth-order valence-electron chi connectivity index (χ4n) is 6.07. The predicted octanol–water partition coefficient (Wildman–Crippen LogP) is 9.08. The normalized spacial score (nSPS) is 11.4. The van der Waals surface area contributed by atoms with E-state index < -0.39 is 0 Å². The first kappa shape index (κ1) is 23.9. The number of carbonyl (C=O) groups excluding carboxylic acids is 2. The number of benzene rings is 8. The van der Waals surface area contributed by atoms with Crippen molar-refractivity contribution < 1.29 is 9.59 Å². The van der Waals surface area contributed by atoms with Gasteiger partial charge < -0.3 is 10.6 Å². The van der Waals surface area contributed by atoms with Crippen molar-refractivity contribution in [3.63, 3.8) is 0 Å². The average molecular weight is 519 g/mol. The lowest BCUT2D eigenvalue weighted by atomic mass is 9.93. The Morgan fingerprint density at radius 1 is 0.400 bits per heavy atom. The van der Waals surface area contributed by atoms with Crippen LogP contribution in [0.5, 0.6) is 0 Å². The third kappa shape index (κ3) is 3.85. The Hall–Kier alpha value is -5.22. The quantitative estimate of drug-likeness (QED) is 0.224. The van der Waals surface area contributed by atoms with Crippen LogP contribution in [0.25, 0.3) is 64.6 Å². The van der Waals surface area contributed by atoms with E-state index in [1.807, 2.05) is 12.1 Å². The first-order valence-electron chi connectivity index (χ1n) is 13.4. The molecule has 8 rings (SSSR count). The van der Waals surface area contributed by atoms with Gasteiger partial charge in [-0.1, -0.05) is 97.1 Å². The molecule has 0 spiro atoms. The zero-order chi connectivity index (χ0) is 27.4. The predicted molar refractivity (Wildman–Crippen MR) is 169 cm³/mol. The fourth-order valence-corrected chi connectivity index (χ4v) is 6.07. The van der Waals surface area contributed by atoms with Gasteiger partial charge >= 0.3 is 0 Å². The highest BCUT2D eigenvalue weighted by molar-refractivity contribution is 6.27. The van der Waals surface area contributed by atoms with Crippen molar-refractivity contribution in [2.45, 2.75) is 13.8 Å². The Balaban J connectivity index is 0.000000132. The third-order valence-corrected chi connectivity index (χ3v) is 7.68. The Morgan fingerprint density at radius 2 is 0.700 bits per heavy atom. The van der Waals surface area contributed by atoms with Gasteiger partial charge in [0.1, 0.15) is 0 Å². The summed E-state index contributed by atoms with van der Waals surface area (Å²) in [5.74, 6) is -0.0833. The van der Waals surface area contributed by atoms with Gasteiger partial charge in [-0.3, -0.25) is 9.59 Å². The van der Waals surface area contributed by atoms with Crippen LogP contribution in [-0.2, 0) is 9.59 Å². The molecule has 8 aromatic rings. The maximum Gasteiger partial charge on any atom is 0.221 e. The zero-order valence-corrected chi connectivity index (χ0v) is 22.2. The molecule has 0 aliphatic carbocycles. The second-order valence-corrected chi connectivity index (χ2v) is 10.3. The average Bonchev–Trinajstić information content (AvgIpc) is 2.96. The molecule has 2 amide bonds. The van der Waals surface area contributed by atoms with E-state index in [9.17, 15) is 9.59 Å². The third-order valence-electron chi connectivity index (χ3n) is 7.68. The van der Waals surface area contributed by atoms with Crippen LogP contribution >= 0.6 is 0 Å². The number of hydrogen-bond donors (Lipinski definition) is 2. The SMILES string of the molecule is CC(=O)Nc1ccc2ccc3cccc4ccc1c2c34.CC(=O)Nc1ccc2ccc3cccc4ccc1c2c34. The molecular weight excluding hydrogens is 492 g/mol. The first-order chi connectivity index (χ1) is 19.5. The van der Waals surface area contributed by atoms with Crippen molar-refractivity contribution in [2.75, 3.05) is 10.6 Å². The summed E-state index contributed by atoms with van der Waals surface area (Å²) in [6, 6.07) is 37.8. The molecule has 0 fully saturated rings. The van der Waals surface area contributed by atoms with E-state index in [-0.39, 0.29) is 11.8 Å². The van der Waals surface area contributed by atoms with Crippen molar-refractivity contribution in [1.29, 1.82) is 0 Å². The highest BCUT2D eigenvalue weighted by atomic mass is 16.2. The van der Waals surface area contributed by atoms with Crippen molar-refractivity contribution in [3.05, 3.63) is 109 Å². The van der Waals surface area contributed by atoms with Crippen LogP contribution in [0.15, 0.2) is 109 Å². The zero-order valence-electron chi connectivity index (χ0n) is 22.2. The highest BCUT2D eigenvalue weighted by Crippen LogP contribution is 2.39. The van der Waals surface area contributed by atoms with Crippen LogP contribution in [0, 0.1) is 0 Å². The Kier molecular flexibility index (Phi) is 5.49. The second kappa shape index (κ2) is 9.21. The van der Waals surface area contributed by atoms with Crippen LogP contribution in [0.4, 0.5) is 11.4 Å². The summed E-state index contributed by atoms with van der Waals surface area (Å²) in [5, 5.41) is 20.4. The molecule has 40 heavy (non-hydrogen) atoms. The number of hydrogen-bond acceptors (Lipinski definition) is 2. The van der Waals surface area contributed by atoms with Crippen molar-refractivity contribution >= 4 is 87.8 Å². The number of nitrogens with one attached hydrogen (secondary N) is 2. The molecule has 0 aliphatic rings. The number of amides is 2. The van der Waals surface area contributed by atoms with E-state index in [0.29, 0.717) is 0 Å². The molecule has 0 bridgehead atoms. The molecule has 0 heterocycles. The van der Waals surface area contributed by atoms with E-state index in [0.717, 1.165) is 22.1 Å². The van der Waals surface area contributed by atoms with E-state index in [4.69, 9.17) is 0 Å². The van der Waals surface area contributed by atoms with E-state index >= 15 is 0 Å². The van der Waals surface area contributed by atoms with Crippen LogP contribution in [-0.4, -0.2) is 11.8 Å². The molecule has 0 saturated carbocycles. The van der Waals surface area contributed by atoms with Crippen LogP contribution < -0.4 is 10.6 Å². The molecule has 8 aromatic carbocycles. The van der Waals surface area contributed by atoms with Gasteiger partial charge in [0.05, 0.1) is 0 Å². The summed E-state index contributed by atoms with van der Waals surface area (Å²) < 4.78 is 0. The molecule has 2 N–H and O–H groups in total. The molecule has 192 valence electrons. The molecule has 4 nitrogen and oxygen atoms in total. The van der Waals surface area contributed by atoms with Gasteiger partial charge in [-0.2, -0.15) is 0 Å². The summed E-state index contributed by atoms with van der Waals surface area (Å²) in [6.45, 7) is 3.08. The van der Waals surface area contributed by atoms with Crippen molar-refractivity contribution in [3.8, 4) is 0 Å². The lowest BCUT2D eigenvalue weighted by Gasteiger charge is -2.13. The topological polar surface area (TPSA) is 58.2 Å². The molecule has 0 radical (unpaired) electrons. The van der Waals surface area contributed by atoms with Crippen molar-refractivity contribution in [1.82, 2.24) is 0 Å². The summed E-state index contributed by atoms with van der Waals surface area (Å²) in [5.41, 5.74) is 1.76. The van der Waals surface area contributed by atoms with Gasteiger partial charge in [-0.05, 0) is 66.0 Å². The van der Waals surface area contributed by atoms with Crippen LogP contribution in [0.2, 0.25) is 0 Å². The van der Waals surface area contributed by atoms with Gasteiger partial charge in [0.15, 0.2) is 0 Å². The smallest absolute Gasteiger partial charge is 0.221 e. The lowest BCUT2D eigenvalue weighted by Crippen LogP contribution is -2.06. The summed E-state index contributed by atoms with van der Waals surface area (Å²) in [7, 11) is 0. The molecule has 0 unspecified atom stereocenters. The van der Waals surface area contributed by atoms with Gasteiger partial charge in [-0.25, -0.2) is 0 Å². The minimum Gasteiger partial charge on any atom is -0.326 e. The highest BCUT2D eigenvalue weighted by Gasteiger charge is 2.12. The molecule has 4 heteroatoms. The molecule has 0 aromatic heterocycles. The lowest BCUT2D eigenvalue weighted by molar-refractivity contribution is -0.115. The van der Waals surface area contributed by atoms with Crippen LogP contribution in [0.3, 0.4) is 0 Å². The number of rotatable bonds is 2. The number of carbonyl (C=O) groups is 2. The van der Waals surface area contributed by atoms with E-state index in [1.54, 1.807) is 0 Å². The number of anilines is 2. The Bertz CT molecular complexity index is 2040. The maximum absolute atomic E-state index is 11.4. The second-order valence-electron chi connectivity index (χ2n) is 10.3. The fraction of sp³-hybridized carbons (Fsp3) is 0.0556.